The van der Waals surface area contributed by atoms with Gasteiger partial charge in [0.1, 0.15) is 9.77 Å². The molecule has 10 heteroatoms. The number of piperazine rings is 1. The lowest BCUT2D eigenvalue weighted by atomic mass is 10.1. The van der Waals surface area contributed by atoms with Crippen LogP contribution >= 0.6 is 11.3 Å². The predicted molar refractivity (Wildman–Crippen MR) is 101 cm³/mol. The SMILES string of the molecule is COC(=O)c1sccc1S(=O)(=O)N1CCN(CC(=O)N2CCCCC2)CC1. The van der Waals surface area contributed by atoms with Gasteiger partial charge in [0.25, 0.3) is 0 Å². The summed E-state index contributed by atoms with van der Waals surface area (Å²) in [6.07, 6.45) is 3.29. The smallest absolute Gasteiger partial charge is 0.349 e. The highest BCUT2D eigenvalue weighted by molar-refractivity contribution is 7.89. The summed E-state index contributed by atoms with van der Waals surface area (Å²) < 4.78 is 31.8. The Bertz CT molecular complexity index is 778. The van der Waals surface area contributed by atoms with Gasteiger partial charge in [-0.2, -0.15) is 4.31 Å². The predicted octanol–water partition coefficient (Wildman–Crippen LogP) is 0.853. The summed E-state index contributed by atoms with van der Waals surface area (Å²) in [5, 5.41) is 1.58. The lowest BCUT2D eigenvalue weighted by Gasteiger charge is -2.35. The van der Waals surface area contributed by atoms with Crippen LogP contribution in [-0.2, 0) is 19.6 Å². The van der Waals surface area contributed by atoms with Gasteiger partial charge in [-0.1, -0.05) is 0 Å². The van der Waals surface area contributed by atoms with Gasteiger partial charge in [0.2, 0.25) is 15.9 Å². The maximum Gasteiger partial charge on any atom is 0.349 e. The Morgan fingerprint density at radius 3 is 2.37 bits per heavy atom. The Morgan fingerprint density at radius 1 is 1.07 bits per heavy atom. The summed E-state index contributed by atoms with van der Waals surface area (Å²) in [5.41, 5.74) is 0. The first-order chi connectivity index (χ1) is 12.9. The lowest BCUT2D eigenvalue weighted by molar-refractivity contribution is -0.133. The van der Waals surface area contributed by atoms with E-state index in [1.54, 1.807) is 5.38 Å². The molecule has 0 aromatic carbocycles. The minimum Gasteiger partial charge on any atom is -0.465 e. The van der Waals surface area contributed by atoms with Gasteiger partial charge in [-0.05, 0) is 30.7 Å². The molecular weight excluding hydrogens is 390 g/mol. The maximum atomic E-state index is 12.9. The molecule has 0 saturated carbocycles. The molecule has 1 amide bonds. The first-order valence-corrected chi connectivity index (χ1v) is 11.4. The number of amides is 1. The molecule has 0 N–H and O–H groups in total. The number of piperidine rings is 1. The molecule has 2 saturated heterocycles. The second kappa shape index (κ2) is 8.68. The van der Waals surface area contributed by atoms with Gasteiger partial charge in [-0.15, -0.1) is 11.3 Å². The van der Waals surface area contributed by atoms with Gasteiger partial charge >= 0.3 is 5.97 Å². The van der Waals surface area contributed by atoms with Gasteiger partial charge < -0.3 is 9.64 Å². The number of likely N-dealkylation sites (tertiary alicyclic amines) is 1. The van der Waals surface area contributed by atoms with Crippen molar-refractivity contribution in [2.75, 3.05) is 52.9 Å². The van der Waals surface area contributed by atoms with E-state index in [0.717, 1.165) is 37.3 Å². The number of thiophene rings is 1. The van der Waals surface area contributed by atoms with E-state index in [1.807, 2.05) is 9.80 Å². The van der Waals surface area contributed by atoms with Crippen LogP contribution < -0.4 is 0 Å². The van der Waals surface area contributed by atoms with Crippen molar-refractivity contribution in [1.82, 2.24) is 14.1 Å². The molecule has 0 spiro atoms. The summed E-state index contributed by atoms with van der Waals surface area (Å²) in [4.78, 5) is 28.2. The number of nitrogens with zero attached hydrogens (tertiary/aromatic N) is 3. The fraction of sp³-hybridized carbons (Fsp3) is 0.647. The summed E-state index contributed by atoms with van der Waals surface area (Å²) in [7, 11) is -2.52. The van der Waals surface area contributed by atoms with Gasteiger partial charge in [0.15, 0.2) is 0 Å². The molecular formula is C17H25N3O5S2. The van der Waals surface area contributed by atoms with E-state index in [9.17, 15) is 18.0 Å². The van der Waals surface area contributed by atoms with Crippen molar-refractivity contribution < 1.29 is 22.7 Å². The fourth-order valence-corrected chi connectivity index (χ4v) is 6.17. The Kier molecular flexibility index (Phi) is 6.51. The molecule has 1 aromatic rings. The van der Waals surface area contributed by atoms with Crippen molar-refractivity contribution in [3.05, 3.63) is 16.3 Å². The zero-order chi connectivity index (χ0) is 19.4. The molecule has 27 heavy (non-hydrogen) atoms. The number of hydrogen-bond donors (Lipinski definition) is 0. The van der Waals surface area contributed by atoms with Gasteiger partial charge in [-0.25, -0.2) is 13.2 Å². The van der Waals surface area contributed by atoms with Gasteiger partial charge in [-0.3, -0.25) is 9.69 Å². The van der Waals surface area contributed by atoms with E-state index in [0.29, 0.717) is 32.7 Å². The molecule has 2 fully saturated rings. The summed E-state index contributed by atoms with van der Waals surface area (Å²) >= 11 is 1.06. The van der Waals surface area contributed by atoms with Crippen molar-refractivity contribution >= 4 is 33.2 Å². The van der Waals surface area contributed by atoms with Crippen LogP contribution in [0, 0.1) is 0 Å². The van der Waals surface area contributed by atoms with Crippen molar-refractivity contribution in [2.24, 2.45) is 0 Å². The van der Waals surface area contributed by atoms with Crippen LogP contribution in [0.1, 0.15) is 28.9 Å². The topological polar surface area (TPSA) is 87.2 Å². The second-order valence-electron chi connectivity index (χ2n) is 6.73. The normalized spacial score (nSPS) is 19.8. The van der Waals surface area contributed by atoms with E-state index in [1.165, 1.54) is 23.9 Å². The molecule has 3 rings (SSSR count). The quantitative estimate of drug-likeness (QED) is 0.663. The summed E-state index contributed by atoms with van der Waals surface area (Å²) in [6, 6.07) is 1.44. The number of ether oxygens (including phenoxy) is 1. The average Bonchev–Trinajstić information content (AvgIpc) is 3.19. The average molecular weight is 416 g/mol. The highest BCUT2D eigenvalue weighted by Gasteiger charge is 2.33. The molecule has 2 aliphatic heterocycles. The van der Waals surface area contributed by atoms with Crippen LogP contribution in [0.2, 0.25) is 0 Å². The number of carbonyl (C=O) groups excluding carboxylic acids is 2. The summed E-state index contributed by atoms with van der Waals surface area (Å²) in [5.74, 6) is -0.522. The molecule has 0 radical (unpaired) electrons. The molecule has 150 valence electrons. The molecule has 0 bridgehead atoms. The zero-order valence-electron chi connectivity index (χ0n) is 15.4. The lowest BCUT2D eigenvalue weighted by Crippen LogP contribution is -2.52. The molecule has 0 unspecified atom stereocenters. The van der Waals surface area contributed by atoms with Crippen LogP contribution in [0.15, 0.2) is 16.3 Å². The first-order valence-electron chi connectivity index (χ1n) is 9.09. The van der Waals surface area contributed by atoms with Crippen molar-refractivity contribution in [3.63, 3.8) is 0 Å². The highest BCUT2D eigenvalue weighted by Crippen LogP contribution is 2.26. The van der Waals surface area contributed by atoms with E-state index in [-0.39, 0.29) is 15.7 Å². The molecule has 8 nitrogen and oxygen atoms in total. The molecule has 1 aromatic heterocycles. The van der Waals surface area contributed by atoms with Crippen molar-refractivity contribution in [2.45, 2.75) is 24.2 Å². The standard InChI is InChI=1S/C17H25N3O5S2/c1-25-17(22)16-14(5-12-26-16)27(23,24)20-10-8-18(9-11-20)13-15(21)19-6-3-2-4-7-19/h5,12H,2-4,6-11,13H2,1H3. The number of carbonyl (C=O) groups is 2. The van der Waals surface area contributed by atoms with Crippen molar-refractivity contribution in [1.29, 1.82) is 0 Å². The molecule has 0 atom stereocenters. The van der Waals surface area contributed by atoms with Crippen LogP contribution in [0.4, 0.5) is 0 Å². The Balaban J connectivity index is 1.59. The van der Waals surface area contributed by atoms with Crippen LogP contribution in [0.3, 0.4) is 0 Å². The summed E-state index contributed by atoms with van der Waals surface area (Å²) in [6.45, 7) is 3.56. The second-order valence-corrected chi connectivity index (χ2v) is 9.55. The van der Waals surface area contributed by atoms with Crippen LogP contribution in [0.25, 0.3) is 0 Å². The van der Waals surface area contributed by atoms with E-state index in [4.69, 9.17) is 0 Å². The minimum atomic E-state index is -3.76. The largest absolute Gasteiger partial charge is 0.465 e. The third kappa shape index (κ3) is 4.50. The van der Waals surface area contributed by atoms with E-state index >= 15 is 0 Å². The van der Waals surface area contributed by atoms with E-state index < -0.39 is 16.0 Å². The zero-order valence-corrected chi connectivity index (χ0v) is 17.1. The number of hydrogen-bond acceptors (Lipinski definition) is 7. The van der Waals surface area contributed by atoms with Crippen molar-refractivity contribution in [3.8, 4) is 0 Å². The monoisotopic (exact) mass is 415 g/mol. The van der Waals surface area contributed by atoms with Crippen LogP contribution in [0.5, 0.6) is 0 Å². The maximum absolute atomic E-state index is 12.9. The third-order valence-corrected chi connectivity index (χ3v) is 7.98. The molecule has 3 heterocycles. The van der Waals surface area contributed by atoms with E-state index in [2.05, 4.69) is 4.74 Å². The number of methoxy groups -OCH3 is 1. The Morgan fingerprint density at radius 2 is 1.74 bits per heavy atom. The number of sulfonamides is 1. The number of esters is 1. The first kappa shape index (κ1) is 20.2. The Hall–Kier alpha value is -1.49. The highest BCUT2D eigenvalue weighted by atomic mass is 32.2. The number of rotatable bonds is 5. The molecule has 0 aliphatic carbocycles. The van der Waals surface area contributed by atoms with Gasteiger partial charge in [0, 0.05) is 39.3 Å². The molecule has 2 aliphatic rings. The van der Waals surface area contributed by atoms with Crippen LogP contribution in [-0.4, -0.2) is 87.3 Å². The fourth-order valence-electron chi connectivity index (χ4n) is 3.44. The Labute approximate surface area is 163 Å². The minimum absolute atomic E-state index is 0.00260. The van der Waals surface area contributed by atoms with Gasteiger partial charge in [0.05, 0.1) is 13.7 Å². The third-order valence-electron chi connectivity index (χ3n) is 5.02.